The van der Waals surface area contributed by atoms with Crippen molar-refractivity contribution in [2.45, 2.75) is 19.8 Å². The Morgan fingerprint density at radius 2 is 1.61 bits per heavy atom. The summed E-state index contributed by atoms with van der Waals surface area (Å²) in [5, 5.41) is 0. The van der Waals surface area contributed by atoms with Gasteiger partial charge in [0.15, 0.2) is 0 Å². The molecule has 23 heavy (non-hydrogen) atoms. The molecule has 2 fully saturated rings. The molecule has 120 valence electrons. The highest BCUT2D eigenvalue weighted by atomic mass is 16.2. The molecule has 7 heteroatoms. The summed E-state index contributed by atoms with van der Waals surface area (Å²) in [6, 6.07) is 5.93. The van der Waals surface area contributed by atoms with Crippen molar-refractivity contribution in [3.63, 3.8) is 0 Å². The number of hydrogen-bond acceptors (Lipinski definition) is 4. The Labute approximate surface area is 133 Å². The highest BCUT2D eigenvalue weighted by molar-refractivity contribution is 6.53. The van der Waals surface area contributed by atoms with Crippen molar-refractivity contribution >= 4 is 29.4 Å². The lowest BCUT2D eigenvalue weighted by atomic mass is 10.2. The molecule has 1 aromatic carbocycles. The second kappa shape index (κ2) is 5.83. The summed E-state index contributed by atoms with van der Waals surface area (Å²) >= 11 is 0. The smallest absolute Gasteiger partial charge is 0.339 e. The molecule has 5 amide bonds. The van der Waals surface area contributed by atoms with Crippen LogP contribution in [0.1, 0.15) is 18.4 Å². The molecule has 2 heterocycles. The number of imide groups is 2. The first-order chi connectivity index (χ1) is 11.0. The van der Waals surface area contributed by atoms with Gasteiger partial charge in [-0.1, -0.05) is 17.7 Å². The van der Waals surface area contributed by atoms with Gasteiger partial charge in [0.2, 0.25) is 5.91 Å². The molecule has 1 aromatic rings. The van der Waals surface area contributed by atoms with Gasteiger partial charge in [0.05, 0.1) is 5.69 Å². The van der Waals surface area contributed by atoms with Crippen LogP contribution in [0.3, 0.4) is 0 Å². The van der Waals surface area contributed by atoms with Crippen molar-refractivity contribution in [1.82, 2.24) is 9.80 Å². The van der Waals surface area contributed by atoms with E-state index in [1.54, 1.807) is 29.2 Å². The number of amides is 5. The Morgan fingerprint density at radius 1 is 1.00 bits per heavy atom. The van der Waals surface area contributed by atoms with Gasteiger partial charge in [0.1, 0.15) is 6.54 Å². The Morgan fingerprint density at radius 3 is 2.22 bits per heavy atom. The summed E-state index contributed by atoms with van der Waals surface area (Å²) in [6.07, 6.45) is 1.84. The monoisotopic (exact) mass is 315 g/mol. The van der Waals surface area contributed by atoms with Crippen LogP contribution in [-0.2, 0) is 14.4 Å². The van der Waals surface area contributed by atoms with Gasteiger partial charge in [-0.15, -0.1) is 0 Å². The van der Waals surface area contributed by atoms with E-state index in [-0.39, 0.29) is 12.5 Å². The van der Waals surface area contributed by atoms with Crippen molar-refractivity contribution in [2.75, 3.05) is 24.5 Å². The molecule has 0 radical (unpaired) electrons. The third kappa shape index (κ3) is 2.69. The third-order valence-electron chi connectivity index (χ3n) is 4.10. The van der Waals surface area contributed by atoms with E-state index in [0.29, 0.717) is 18.8 Å². The molecule has 0 saturated carbocycles. The normalized spacial score (nSPS) is 18.3. The number of aryl methyl sites for hydroxylation is 1. The largest absolute Gasteiger partial charge is 0.341 e. The van der Waals surface area contributed by atoms with Gasteiger partial charge in [-0.05, 0) is 31.9 Å². The Hall–Kier alpha value is -2.70. The number of nitrogens with zero attached hydrogens (tertiary/aromatic N) is 3. The number of urea groups is 1. The van der Waals surface area contributed by atoms with Gasteiger partial charge < -0.3 is 4.90 Å². The zero-order valence-corrected chi connectivity index (χ0v) is 12.8. The van der Waals surface area contributed by atoms with Crippen LogP contribution in [0, 0.1) is 6.92 Å². The maximum absolute atomic E-state index is 12.4. The van der Waals surface area contributed by atoms with Crippen molar-refractivity contribution in [3.05, 3.63) is 29.8 Å². The number of likely N-dealkylation sites (tertiary alicyclic amines) is 1. The summed E-state index contributed by atoms with van der Waals surface area (Å²) in [7, 11) is 0. The number of hydrogen-bond donors (Lipinski definition) is 0. The first-order valence-corrected chi connectivity index (χ1v) is 7.53. The molecule has 0 aliphatic carbocycles. The molecule has 2 saturated heterocycles. The van der Waals surface area contributed by atoms with Crippen LogP contribution in [0.2, 0.25) is 0 Å². The zero-order valence-electron chi connectivity index (χ0n) is 12.8. The van der Waals surface area contributed by atoms with Gasteiger partial charge in [-0.2, -0.15) is 0 Å². The fraction of sp³-hybridized carbons (Fsp3) is 0.375. The standard InChI is InChI=1S/C16H17N3O4/c1-11-4-6-12(7-5-11)19-15(22)14(21)18(16(19)23)10-13(20)17-8-2-3-9-17/h4-7H,2-3,8-10H2,1H3. The number of carbonyl (C=O) groups is 4. The van der Waals surface area contributed by atoms with E-state index in [4.69, 9.17) is 0 Å². The molecule has 2 aliphatic heterocycles. The Bertz CT molecular complexity index is 677. The lowest BCUT2D eigenvalue weighted by Crippen LogP contribution is -2.42. The summed E-state index contributed by atoms with van der Waals surface area (Å²) in [4.78, 5) is 51.9. The van der Waals surface area contributed by atoms with Crippen molar-refractivity contribution < 1.29 is 19.2 Å². The van der Waals surface area contributed by atoms with Gasteiger partial charge in [0, 0.05) is 13.1 Å². The molecule has 0 N–H and O–H groups in total. The first kappa shape index (κ1) is 15.2. The van der Waals surface area contributed by atoms with Crippen molar-refractivity contribution in [2.24, 2.45) is 0 Å². The van der Waals surface area contributed by atoms with E-state index in [2.05, 4.69) is 0 Å². The van der Waals surface area contributed by atoms with Crippen LogP contribution in [0.15, 0.2) is 24.3 Å². The quantitative estimate of drug-likeness (QED) is 0.613. The van der Waals surface area contributed by atoms with E-state index < -0.39 is 17.8 Å². The van der Waals surface area contributed by atoms with Crippen LogP contribution >= 0.6 is 0 Å². The lowest BCUT2D eigenvalue weighted by molar-refractivity contribution is -0.142. The zero-order chi connectivity index (χ0) is 16.6. The average Bonchev–Trinajstić information content (AvgIpc) is 3.13. The van der Waals surface area contributed by atoms with E-state index in [9.17, 15) is 19.2 Å². The van der Waals surface area contributed by atoms with E-state index >= 15 is 0 Å². The van der Waals surface area contributed by atoms with Gasteiger partial charge in [-0.25, -0.2) is 14.6 Å². The maximum Gasteiger partial charge on any atom is 0.339 e. The fourth-order valence-electron chi connectivity index (χ4n) is 2.77. The van der Waals surface area contributed by atoms with Crippen molar-refractivity contribution in [1.29, 1.82) is 0 Å². The molecular formula is C16H17N3O4. The van der Waals surface area contributed by atoms with Crippen LogP contribution in [0.4, 0.5) is 10.5 Å². The number of carbonyl (C=O) groups excluding carboxylic acids is 4. The second-order valence-electron chi connectivity index (χ2n) is 5.74. The summed E-state index contributed by atoms with van der Waals surface area (Å²) < 4.78 is 0. The molecule has 7 nitrogen and oxygen atoms in total. The predicted octanol–water partition coefficient (Wildman–Crippen LogP) is 0.913. The van der Waals surface area contributed by atoms with E-state index in [1.165, 1.54) is 0 Å². The molecule has 2 aliphatic rings. The molecule has 0 bridgehead atoms. The first-order valence-electron chi connectivity index (χ1n) is 7.53. The van der Waals surface area contributed by atoms with Crippen LogP contribution in [0.5, 0.6) is 0 Å². The molecule has 0 unspecified atom stereocenters. The fourth-order valence-corrected chi connectivity index (χ4v) is 2.77. The molecule has 0 atom stereocenters. The predicted molar refractivity (Wildman–Crippen MR) is 81.6 cm³/mol. The minimum absolute atomic E-state index is 0.303. The minimum atomic E-state index is -0.955. The molecule has 3 rings (SSSR count). The van der Waals surface area contributed by atoms with Gasteiger partial charge in [0.25, 0.3) is 0 Å². The molecular weight excluding hydrogens is 298 g/mol. The molecule has 0 spiro atoms. The second-order valence-corrected chi connectivity index (χ2v) is 5.74. The van der Waals surface area contributed by atoms with E-state index in [1.807, 2.05) is 6.92 Å². The Balaban J connectivity index is 1.79. The number of anilines is 1. The average molecular weight is 315 g/mol. The minimum Gasteiger partial charge on any atom is -0.341 e. The van der Waals surface area contributed by atoms with Crippen molar-refractivity contribution in [3.8, 4) is 0 Å². The van der Waals surface area contributed by atoms with Gasteiger partial charge in [-0.3, -0.25) is 14.4 Å². The summed E-state index contributed by atoms with van der Waals surface area (Å²) in [5.74, 6) is -2.18. The summed E-state index contributed by atoms with van der Waals surface area (Å²) in [5.41, 5.74) is 1.30. The number of benzene rings is 1. The van der Waals surface area contributed by atoms with Crippen LogP contribution in [0.25, 0.3) is 0 Å². The van der Waals surface area contributed by atoms with E-state index in [0.717, 1.165) is 28.2 Å². The molecule has 0 aromatic heterocycles. The lowest BCUT2D eigenvalue weighted by Gasteiger charge is -2.19. The van der Waals surface area contributed by atoms with Crippen LogP contribution in [-0.4, -0.2) is 53.2 Å². The number of rotatable bonds is 3. The third-order valence-corrected chi connectivity index (χ3v) is 4.10. The SMILES string of the molecule is Cc1ccc(N2C(=O)C(=O)N(CC(=O)N3CCCC3)C2=O)cc1. The highest BCUT2D eigenvalue weighted by Gasteiger charge is 2.46. The maximum atomic E-state index is 12.4. The van der Waals surface area contributed by atoms with Gasteiger partial charge >= 0.3 is 17.8 Å². The Kier molecular flexibility index (Phi) is 3.85. The van der Waals surface area contributed by atoms with Crippen LogP contribution < -0.4 is 4.90 Å². The summed E-state index contributed by atoms with van der Waals surface area (Å²) in [6.45, 7) is 2.75. The highest BCUT2D eigenvalue weighted by Crippen LogP contribution is 2.22. The topological polar surface area (TPSA) is 78.0 Å².